The quantitative estimate of drug-likeness (QED) is 0.500. The molecule has 0 amide bonds. The SMILES string of the molecule is C\C=C/C(C)=N\C=C\C. The number of allylic oxidation sites excluding steroid dienone is 3. The molecule has 0 aliphatic heterocycles. The van der Waals surface area contributed by atoms with Crippen LogP contribution in [0.25, 0.3) is 0 Å². The van der Waals surface area contributed by atoms with E-state index in [9.17, 15) is 0 Å². The van der Waals surface area contributed by atoms with Gasteiger partial charge in [0.15, 0.2) is 0 Å². The summed E-state index contributed by atoms with van der Waals surface area (Å²) in [5.74, 6) is 0. The minimum Gasteiger partial charge on any atom is -0.262 e. The van der Waals surface area contributed by atoms with Crippen molar-refractivity contribution in [2.45, 2.75) is 20.8 Å². The van der Waals surface area contributed by atoms with Gasteiger partial charge in [0.05, 0.1) is 0 Å². The van der Waals surface area contributed by atoms with Crippen molar-refractivity contribution in [3.8, 4) is 0 Å². The zero-order valence-electron chi connectivity index (χ0n) is 6.26. The first kappa shape index (κ1) is 8.15. The van der Waals surface area contributed by atoms with Crippen molar-refractivity contribution in [2.24, 2.45) is 4.99 Å². The molecular weight excluding hydrogens is 110 g/mol. The van der Waals surface area contributed by atoms with E-state index in [1.54, 1.807) is 6.20 Å². The first-order chi connectivity index (χ1) is 4.31. The van der Waals surface area contributed by atoms with Gasteiger partial charge in [0.2, 0.25) is 0 Å². The van der Waals surface area contributed by atoms with E-state index in [4.69, 9.17) is 0 Å². The summed E-state index contributed by atoms with van der Waals surface area (Å²) in [6.45, 7) is 5.90. The van der Waals surface area contributed by atoms with Crippen LogP contribution in [0.3, 0.4) is 0 Å². The summed E-state index contributed by atoms with van der Waals surface area (Å²) in [5, 5.41) is 0. The molecule has 0 unspecified atom stereocenters. The largest absolute Gasteiger partial charge is 0.262 e. The summed E-state index contributed by atoms with van der Waals surface area (Å²) in [6.07, 6.45) is 7.64. The van der Waals surface area contributed by atoms with Gasteiger partial charge in [0, 0.05) is 11.9 Å². The van der Waals surface area contributed by atoms with Gasteiger partial charge in [-0.25, -0.2) is 0 Å². The molecule has 0 aromatic carbocycles. The Morgan fingerprint density at radius 2 is 1.89 bits per heavy atom. The van der Waals surface area contributed by atoms with E-state index in [2.05, 4.69) is 4.99 Å². The molecule has 50 valence electrons. The van der Waals surface area contributed by atoms with Gasteiger partial charge in [-0.15, -0.1) is 0 Å². The van der Waals surface area contributed by atoms with Crippen LogP contribution in [-0.2, 0) is 0 Å². The van der Waals surface area contributed by atoms with E-state index in [1.807, 2.05) is 39.0 Å². The lowest BCUT2D eigenvalue weighted by atomic mass is 10.4. The van der Waals surface area contributed by atoms with Gasteiger partial charge in [-0.05, 0) is 26.8 Å². The van der Waals surface area contributed by atoms with Crippen LogP contribution < -0.4 is 0 Å². The van der Waals surface area contributed by atoms with Crippen LogP contribution in [0.4, 0.5) is 0 Å². The monoisotopic (exact) mass is 123 g/mol. The van der Waals surface area contributed by atoms with Crippen molar-refractivity contribution in [1.29, 1.82) is 0 Å². The van der Waals surface area contributed by atoms with Crippen LogP contribution in [0.2, 0.25) is 0 Å². The van der Waals surface area contributed by atoms with Crippen molar-refractivity contribution in [3.05, 3.63) is 24.4 Å². The molecule has 0 saturated carbocycles. The average Bonchev–Trinajstić information content (AvgIpc) is 1.85. The molecule has 1 heteroatoms. The maximum absolute atomic E-state index is 4.08. The van der Waals surface area contributed by atoms with Crippen LogP contribution in [-0.4, -0.2) is 5.71 Å². The fourth-order valence-electron chi connectivity index (χ4n) is 0.476. The number of rotatable bonds is 2. The molecule has 0 fully saturated rings. The molecule has 0 spiro atoms. The van der Waals surface area contributed by atoms with Gasteiger partial charge in [-0.1, -0.05) is 12.2 Å². The van der Waals surface area contributed by atoms with Crippen molar-refractivity contribution >= 4 is 5.71 Å². The van der Waals surface area contributed by atoms with Gasteiger partial charge in [0.1, 0.15) is 0 Å². The van der Waals surface area contributed by atoms with Crippen LogP contribution in [0.5, 0.6) is 0 Å². The van der Waals surface area contributed by atoms with Gasteiger partial charge >= 0.3 is 0 Å². The molecule has 0 aliphatic carbocycles. The molecule has 1 nitrogen and oxygen atoms in total. The Kier molecular flexibility index (Phi) is 4.79. The summed E-state index contributed by atoms with van der Waals surface area (Å²) >= 11 is 0. The Morgan fingerprint density at radius 3 is 2.33 bits per heavy atom. The van der Waals surface area contributed by atoms with Crippen molar-refractivity contribution in [3.63, 3.8) is 0 Å². The van der Waals surface area contributed by atoms with Crippen molar-refractivity contribution < 1.29 is 0 Å². The van der Waals surface area contributed by atoms with Crippen LogP contribution in [0.1, 0.15) is 20.8 Å². The summed E-state index contributed by atoms with van der Waals surface area (Å²) in [7, 11) is 0. The van der Waals surface area contributed by atoms with Crippen LogP contribution in [0, 0.1) is 0 Å². The Hall–Kier alpha value is -0.850. The predicted molar refractivity (Wildman–Crippen MR) is 42.7 cm³/mol. The third-order valence-electron chi connectivity index (χ3n) is 0.835. The van der Waals surface area contributed by atoms with E-state index in [-0.39, 0.29) is 0 Å². The molecule has 0 saturated heterocycles. The van der Waals surface area contributed by atoms with Crippen molar-refractivity contribution in [1.82, 2.24) is 0 Å². The summed E-state index contributed by atoms with van der Waals surface area (Å²) in [6, 6.07) is 0. The van der Waals surface area contributed by atoms with E-state index in [1.165, 1.54) is 0 Å². The van der Waals surface area contributed by atoms with Gasteiger partial charge in [-0.3, -0.25) is 4.99 Å². The number of hydrogen-bond acceptors (Lipinski definition) is 1. The molecule has 0 rings (SSSR count). The minimum atomic E-state index is 1.04. The fourth-order valence-corrected chi connectivity index (χ4v) is 0.476. The first-order valence-electron chi connectivity index (χ1n) is 3.09. The summed E-state index contributed by atoms with van der Waals surface area (Å²) < 4.78 is 0. The standard InChI is InChI=1S/C8H13N/c1-4-6-8(3)9-7-5-2/h4-7H,1-3H3/b6-4-,7-5+,9-8-. The highest BCUT2D eigenvalue weighted by Crippen LogP contribution is 1.82. The lowest BCUT2D eigenvalue weighted by Gasteiger charge is -1.83. The second kappa shape index (κ2) is 5.29. The molecule has 0 heterocycles. The summed E-state index contributed by atoms with van der Waals surface area (Å²) in [5.41, 5.74) is 1.04. The molecule has 0 atom stereocenters. The van der Waals surface area contributed by atoms with Gasteiger partial charge < -0.3 is 0 Å². The van der Waals surface area contributed by atoms with Crippen LogP contribution >= 0.6 is 0 Å². The van der Waals surface area contributed by atoms with E-state index in [0.717, 1.165) is 5.71 Å². The smallest absolute Gasteiger partial charge is 0.0369 e. The van der Waals surface area contributed by atoms with Crippen molar-refractivity contribution in [2.75, 3.05) is 0 Å². The molecule has 9 heavy (non-hydrogen) atoms. The van der Waals surface area contributed by atoms with Gasteiger partial charge in [0.25, 0.3) is 0 Å². The lowest BCUT2D eigenvalue weighted by Crippen LogP contribution is -1.79. The number of aliphatic imine (C=N–C) groups is 1. The topological polar surface area (TPSA) is 12.4 Å². The highest BCUT2D eigenvalue weighted by atomic mass is 14.7. The van der Waals surface area contributed by atoms with Gasteiger partial charge in [-0.2, -0.15) is 0 Å². The zero-order chi connectivity index (χ0) is 7.11. The molecule has 0 bridgehead atoms. The van der Waals surface area contributed by atoms with Crippen LogP contribution in [0.15, 0.2) is 29.4 Å². The zero-order valence-corrected chi connectivity index (χ0v) is 6.26. The Morgan fingerprint density at radius 1 is 1.22 bits per heavy atom. The number of nitrogens with zero attached hydrogens (tertiary/aromatic N) is 1. The maximum Gasteiger partial charge on any atom is 0.0369 e. The molecule has 0 N–H and O–H groups in total. The molecule has 0 aromatic heterocycles. The Labute approximate surface area is 56.8 Å². The average molecular weight is 123 g/mol. The Bertz CT molecular complexity index is 141. The second-order valence-electron chi connectivity index (χ2n) is 1.75. The second-order valence-corrected chi connectivity index (χ2v) is 1.75. The third-order valence-corrected chi connectivity index (χ3v) is 0.835. The normalized spacial score (nSPS) is 13.9. The highest BCUT2D eigenvalue weighted by molar-refractivity contribution is 5.93. The minimum absolute atomic E-state index is 1.04. The third kappa shape index (κ3) is 5.01. The Balaban J connectivity index is 3.84. The highest BCUT2D eigenvalue weighted by Gasteiger charge is 1.74. The lowest BCUT2D eigenvalue weighted by molar-refractivity contribution is 1.50. The first-order valence-corrected chi connectivity index (χ1v) is 3.09. The molecule has 0 radical (unpaired) electrons. The summed E-state index contributed by atoms with van der Waals surface area (Å²) in [4.78, 5) is 4.08. The fraction of sp³-hybridized carbons (Fsp3) is 0.375. The molecular formula is C8H13N. The molecule has 0 aromatic rings. The predicted octanol–water partition coefficient (Wildman–Crippen LogP) is 2.56. The molecule has 0 aliphatic rings. The van der Waals surface area contributed by atoms with E-state index < -0.39 is 0 Å². The van der Waals surface area contributed by atoms with E-state index in [0.29, 0.717) is 0 Å². The number of hydrogen-bond donors (Lipinski definition) is 0. The maximum atomic E-state index is 4.08. The van der Waals surface area contributed by atoms with E-state index >= 15 is 0 Å².